The number of aryl methyl sites for hydroxylation is 1. The van der Waals surface area contributed by atoms with Gasteiger partial charge in [0.05, 0.1) is 5.56 Å². The highest BCUT2D eigenvalue weighted by Crippen LogP contribution is 2.38. The van der Waals surface area contributed by atoms with Gasteiger partial charge in [-0.1, -0.05) is 17.3 Å². The predicted molar refractivity (Wildman–Crippen MR) is 58.6 cm³/mol. The van der Waals surface area contributed by atoms with Crippen LogP contribution in [0.2, 0.25) is 0 Å². The minimum Gasteiger partial charge on any atom is -0.475 e. The Hall–Kier alpha value is -2.31. The second-order valence-corrected chi connectivity index (χ2v) is 3.88. The average Bonchev–Trinajstić information content (AvgIpc) is 2.76. The van der Waals surface area contributed by atoms with Gasteiger partial charge in [0.2, 0.25) is 5.76 Å². The third-order valence-electron chi connectivity index (χ3n) is 2.56. The van der Waals surface area contributed by atoms with E-state index < -0.39 is 23.5 Å². The van der Waals surface area contributed by atoms with Crippen LogP contribution in [0.1, 0.15) is 21.7 Å². The lowest BCUT2D eigenvalue weighted by atomic mass is 9.98. The molecule has 1 aromatic heterocycles. The summed E-state index contributed by atoms with van der Waals surface area (Å²) in [6.45, 7) is 1.49. The van der Waals surface area contributed by atoms with E-state index in [1.165, 1.54) is 19.1 Å². The maximum Gasteiger partial charge on any atom is 0.417 e. The van der Waals surface area contributed by atoms with Gasteiger partial charge in [-0.05, 0) is 18.6 Å². The zero-order valence-electron chi connectivity index (χ0n) is 9.65. The Morgan fingerprint density at radius 1 is 1.37 bits per heavy atom. The molecule has 0 fully saturated rings. The Morgan fingerprint density at radius 2 is 2.05 bits per heavy atom. The number of rotatable bonds is 2. The third kappa shape index (κ3) is 2.44. The van der Waals surface area contributed by atoms with E-state index in [1.54, 1.807) is 0 Å². The van der Waals surface area contributed by atoms with E-state index in [2.05, 4.69) is 9.68 Å². The summed E-state index contributed by atoms with van der Waals surface area (Å²) in [7, 11) is 0. The number of benzene rings is 1. The van der Waals surface area contributed by atoms with E-state index in [4.69, 9.17) is 5.11 Å². The van der Waals surface area contributed by atoms with Gasteiger partial charge in [0.1, 0.15) is 5.69 Å². The normalized spacial score (nSPS) is 11.6. The van der Waals surface area contributed by atoms with Gasteiger partial charge in [-0.2, -0.15) is 13.2 Å². The lowest BCUT2D eigenvalue weighted by molar-refractivity contribution is -0.137. The first kappa shape index (κ1) is 13.1. The summed E-state index contributed by atoms with van der Waals surface area (Å²) >= 11 is 0. The number of carbonyl (C=O) groups is 1. The van der Waals surface area contributed by atoms with Crippen molar-refractivity contribution in [3.63, 3.8) is 0 Å². The van der Waals surface area contributed by atoms with Crippen molar-refractivity contribution in [1.82, 2.24) is 5.16 Å². The molecular formula is C12H8F3NO3. The van der Waals surface area contributed by atoms with Crippen LogP contribution in [0.15, 0.2) is 28.8 Å². The molecule has 2 rings (SSSR count). The molecule has 4 nitrogen and oxygen atoms in total. The average molecular weight is 271 g/mol. The first-order valence-electron chi connectivity index (χ1n) is 5.18. The molecule has 2 aromatic rings. The van der Waals surface area contributed by atoms with Gasteiger partial charge in [0, 0.05) is 11.6 Å². The fourth-order valence-corrected chi connectivity index (χ4v) is 1.74. The second-order valence-electron chi connectivity index (χ2n) is 3.88. The summed E-state index contributed by atoms with van der Waals surface area (Å²) in [5.74, 6) is -1.90. The van der Waals surface area contributed by atoms with Crippen LogP contribution >= 0.6 is 0 Å². The summed E-state index contributed by atoms with van der Waals surface area (Å²) in [4.78, 5) is 10.7. The molecule has 0 atom stereocenters. The van der Waals surface area contributed by atoms with Gasteiger partial charge in [-0.15, -0.1) is 0 Å². The topological polar surface area (TPSA) is 63.3 Å². The van der Waals surface area contributed by atoms with E-state index in [0.717, 1.165) is 12.1 Å². The van der Waals surface area contributed by atoms with Gasteiger partial charge in [0.25, 0.3) is 0 Å². The van der Waals surface area contributed by atoms with Gasteiger partial charge in [-0.3, -0.25) is 0 Å². The van der Waals surface area contributed by atoms with Crippen molar-refractivity contribution >= 4 is 5.97 Å². The number of aromatic nitrogens is 1. The number of carboxylic acids is 1. The fourth-order valence-electron chi connectivity index (χ4n) is 1.74. The Balaban J connectivity index is 2.63. The highest BCUT2D eigenvalue weighted by atomic mass is 19.4. The van der Waals surface area contributed by atoms with Gasteiger partial charge >= 0.3 is 12.1 Å². The molecule has 19 heavy (non-hydrogen) atoms. The number of hydrogen-bond donors (Lipinski definition) is 1. The minimum absolute atomic E-state index is 0.150. The van der Waals surface area contributed by atoms with E-state index in [0.29, 0.717) is 5.56 Å². The maximum absolute atomic E-state index is 12.9. The largest absolute Gasteiger partial charge is 0.475 e. The molecule has 7 heteroatoms. The van der Waals surface area contributed by atoms with Crippen LogP contribution in [0.25, 0.3) is 11.3 Å². The lowest BCUT2D eigenvalue weighted by Crippen LogP contribution is -2.08. The maximum atomic E-state index is 12.9. The van der Waals surface area contributed by atoms with Crippen LogP contribution in [0, 0.1) is 6.92 Å². The molecule has 0 aliphatic carbocycles. The van der Waals surface area contributed by atoms with Gasteiger partial charge in [0.15, 0.2) is 0 Å². The van der Waals surface area contributed by atoms with Crippen molar-refractivity contribution < 1.29 is 27.6 Å². The fraction of sp³-hybridized carbons (Fsp3) is 0.167. The van der Waals surface area contributed by atoms with E-state index >= 15 is 0 Å². The minimum atomic E-state index is -4.55. The van der Waals surface area contributed by atoms with Crippen LogP contribution in [0.4, 0.5) is 13.2 Å². The molecule has 0 saturated carbocycles. The summed E-state index contributed by atoms with van der Waals surface area (Å²) < 4.78 is 43.2. The van der Waals surface area contributed by atoms with Crippen molar-refractivity contribution in [2.45, 2.75) is 13.1 Å². The van der Waals surface area contributed by atoms with E-state index in [9.17, 15) is 18.0 Å². The standard InChI is InChI=1S/C12H8F3NO3/c1-6-3-2-4-7(12(13,14)15)10(6)8-5-9(11(17)18)19-16-8/h2-5H,1H3,(H,17,18). The van der Waals surface area contributed by atoms with E-state index in [1.807, 2.05) is 0 Å². The number of carboxylic acid groups (broad SMARTS) is 1. The highest BCUT2D eigenvalue weighted by molar-refractivity contribution is 5.86. The smallest absolute Gasteiger partial charge is 0.417 e. The molecule has 0 unspecified atom stereocenters. The summed E-state index contributed by atoms with van der Waals surface area (Å²) in [5.41, 5.74) is -0.869. The number of alkyl halides is 3. The molecule has 0 bridgehead atoms. The molecule has 0 aliphatic rings. The summed E-state index contributed by atoms with van der Waals surface area (Å²) in [5, 5.41) is 12.1. The van der Waals surface area contributed by atoms with Gasteiger partial charge < -0.3 is 9.63 Å². The van der Waals surface area contributed by atoms with Crippen molar-refractivity contribution in [2.24, 2.45) is 0 Å². The molecule has 0 amide bonds. The highest BCUT2D eigenvalue weighted by Gasteiger charge is 2.35. The lowest BCUT2D eigenvalue weighted by Gasteiger charge is -2.12. The number of halogens is 3. The van der Waals surface area contributed by atoms with Crippen molar-refractivity contribution in [3.8, 4) is 11.3 Å². The molecule has 1 aromatic carbocycles. The first-order chi connectivity index (χ1) is 8.80. The van der Waals surface area contributed by atoms with Crippen LogP contribution in [0.5, 0.6) is 0 Å². The molecule has 0 aliphatic heterocycles. The van der Waals surface area contributed by atoms with Crippen LogP contribution in [0.3, 0.4) is 0 Å². The van der Waals surface area contributed by atoms with Crippen LogP contribution in [-0.2, 0) is 6.18 Å². The SMILES string of the molecule is Cc1cccc(C(F)(F)F)c1-c1cc(C(=O)O)on1. The molecule has 0 spiro atoms. The Bertz CT molecular complexity index is 631. The third-order valence-corrected chi connectivity index (χ3v) is 2.56. The quantitative estimate of drug-likeness (QED) is 0.909. The summed E-state index contributed by atoms with van der Waals surface area (Å²) in [6.07, 6.45) is -4.55. The number of nitrogens with zero attached hydrogens (tertiary/aromatic N) is 1. The van der Waals surface area contributed by atoms with Crippen LogP contribution in [-0.4, -0.2) is 16.2 Å². The number of hydrogen-bond acceptors (Lipinski definition) is 3. The van der Waals surface area contributed by atoms with Gasteiger partial charge in [-0.25, -0.2) is 4.79 Å². The molecule has 1 N–H and O–H groups in total. The molecule has 100 valence electrons. The number of aromatic carboxylic acids is 1. The molecule has 0 radical (unpaired) electrons. The summed E-state index contributed by atoms with van der Waals surface area (Å²) in [6, 6.07) is 4.65. The molecule has 1 heterocycles. The molecule has 0 saturated heterocycles. The Kier molecular flexibility index (Phi) is 3.05. The second kappa shape index (κ2) is 4.42. The van der Waals surface area contributed by atoms with E-state index in [-0.39, 0.29) is 11.3 Å². The Labute approximate surface area is 105 Å². The molecular weight excluding hydrogens is 263 g/mol. The van der Waals surface area contributed by atoms with Crippen LogP contribution < -0.4 is 0 Å². The zero-order valence-corrected chi connectivity index (χ0v) is 9.65. The van der Waals surface area contributed by atoms with Crippen molar-refractivity contribution in [3.05, 3.63) is 41.2 Å². The van der Waals surface area contributed by atoms with Crippen molar-refractivity contribution in [2.75, 3.05) is 0 Å². The first-order valence-corrected chi connectivity index (χ1v) is 5.18. The van der Waals surface area contributed by atoms with Crippen molar-refractivity contribution in [1.29, 1.82) is 0 Å². The Morgan fingerprint density at radius 3 is 2.58 bits per heavy atom. The zero-order chi connectivity index (χ0) is 14.2. The monoisotopic (exact) mass is 271 g/mol. The predicted octanol–water partition coefficient (Wildman–Crippen LogP) is 3.37.